The smallest absolute Gasteiger partial charge is 0.141 e. The van der Waals surface area contributed by atoms with E-state index in [-0.39, 0.29) is 22.8 Å². The average molecular weight is 212 g/mol. The van der Waals surface area contributed by atoms with Gasteiger partial charge in [-0.05, 0) is 12.1 Å². The summed E-state index contributed by atoms with van der Waals surface area (Å²) in [6.45, 7) is 0. The predicted octanol–water partition coefficient (Wildman–Crippen LogP) is 1.94. The van der Waals surface area contributed by atoms with E-state index in [9.17, 15) is 5.11 Å². The van der Waals surface area contributed by atoms with E-state index in [1.54, 1.807) is 18.3 Å². The molecule has 0 saturated carbocycles. The summed E-state index contributed by atoms with van der Waals surface area (Å²) < 4.78 is 0. The zero-order valence-corrected chi connectivity index (χ0v) is 7.10. The van der Waals surface area contributed by atoms with E-state index >= 15 is 0 Å². The Bertz CT molecular complexity index is 384. The number of pyridine rings is 1. The van der Waals surface area contributed by atoms with E-state index in [2.05, 4.69) is 4.98 Å². The van der Waals surface area contributed by atoms with Crippen molar-refractivity contribution >= 4 is 10.9 Å². The molecule has 3 heteroatoms. The number of para-hydroxylation sites is 1. The number of phenolic OH excluding ortho intramolecular Hbond substituents is 1. The Morgan fingerprint density at radius 3 is 2.58 bits per heavy atom. The largest absolute Gasteiger partial charge is 0.506 e. The molecule has 2 nitrogen and oxygen atoms in total. The zero-order valence-electron chi connectivity index (χ0n) is 6.16. The van der Waals surface area contributed by atoms with Gasteiger partial charge in [0.2, 0.25) is 0 Å². The molecule has 1 aromatic carbocycles. The van der Waals surface area contributed by atoms with Crippen LogP contribution < -0.4 is 0 Å². The van der Waals surface area contributed by atoms with E-state index in [4.69, 9.17) is 0 Å². The molecule has 1 heterocycles. The summed E-state index contributed by atoms with van der Waals surface area (Å²) in [6, 6.07) is 9.13. The molecule has 0 fully saturated rings. The number of hydrogen-bond acceptors (Lipinski definition) is 2. The molecular weight excluding hydrogens is 205 g/mol. The molecule has 0 spiro atoms. The fourth-order valence-corrected chi connectivity index (χ4v) is 1.09. The van der Waals surface area contributed by atoms with Gasteiger partial charge in [0.25, 0.3) is 0 Å². The number of nitrogens with zero attached hydrogens (tertiary/aromatic N) is 1. The van der Waals surface area contributed by atoms with Crippen molar-refractivity contribution in [3.8, 4) is 5.75 Å². The van der Waals surface area contributed by atoms with Crippen molar-refractivity contribution in [1.29, 1.82) is 0 Å². The van der Waals surface area contributed by atoms with E-state index in [1.807, 2.05) is 18.2 Å². The summed E-state index contributed by atoms with van der Waals surface area (Å²) in [6.07, 6.45) is 1.67. The van der Waals surface area contributed by atoms with E-state index in [1.165, 1.54) is 0 Å². The second kappa shape index (κ2) is 3.57. The van der Waals surface area contributed by atoms with Crippen LogP contribution in [0.1, 0.15) is 0 Å². The van der Waals surface area contributed by atoms with Crippen molar-refractivity contribution in [2.24, 2.45) is 0 Å². The minimum absolute atomic E-state index is 0. The number of aromatic nitrogens is 1. The van der Waals surface area contributed by atoms with Crippen molar-refractivity contribution in [3.63, 3.8) is 0 Å². The molecule has 0 atom stereocenters. The Labute approximate surface area is 80.7 Å². The standard InChI is InChI=1S/C9H7NO.Cu/c11-8-5-1-3-7-4-2-6-10-9(7)8;/h1-6,11H;/i;1+3. The van der Waals surface area contributed by atoms with Gasteiger partial charge < -0.3 is 5.11 Å². The van der Waals surface area contributed by atoms with Gasteiger partial charge >= 0.3 is 0 Å². The second-order valence-electron chi connectivity index (χ2n) is 2.35. The van der Waals surface area contributed by atoms with Crippen LogP contribution in [0.25, 0.3) is 10.9 Å². The van der Waals surface area contributed by atoms with Crippen molar-refractivity contribution in [2.75, 3.05) is 0 Å². The van der Waals surface area contributed by atoms with Crippen LogP contribution in [-0.2, 0) is 17.1 Å². The Kier molecular flexibility index (Phi) is 2.69. The Morgan fingerprint density at radius 2 is 1.83 bits per heavy atom. The third-order valence-corrected chi connectivity index (χ3v) is 1.61. The number of aromatic hydroxyl groups is 1. The molecular formula is C9H7CuNO. The van der Waals surface area contributed by atoms with Crippen LogP contribution in [-0.4, -0.2) is 10.1 Å². The van der Waals surface area contributed by atoms with Crippen LogP contribution in [0.2, 0.25) is 0 Å². The van der Waals surface area contributed by atoms with Gasteiger partial charge in [0, 0.05) is 28.7 Å². The quantitative estimate of drug-likeness (QED) is 0.677. The van der Waals surface area contributed by atoms with Crippen LogP contribution >= 0.6 is 0 Å². The predicted molar refractivity (Wildman–Crippen MR) is 43.4 cm³/mol. The Morgan fingerprint density at radius 1 is 1.08 bits per heavy atom. The number of rotatable bonds is 0. The molecule has 12 heavy (non-hydrogen) atoms. The summed E-state index contributed by atoms with van der Waals surface area (Å²) >= 11 is 0. The van der Waals surface area contributed by atoms with Crippen molar-refractivity contribution in [1.82, 2.24) is 4.98 Å². The van der Waals surface area contributed by atoms with Gasteiger partial charge in [-0.2, -0.15) is 0 Å². The fraction of sp³-hybridized carbons (Fsp3) is 0. The monoisotopic (exact) mass is 212 g/mol. The normalized spacial score (nSPS) is 9.33. The van der Waals surface area contributed by atoms with Crippen LogP contribution in [0.3, 0.4) is 0 Å². The Hall–Kier alpha value is -1.05. The SMILES string of the molecule is Oc1cccc2cccnc12.[67Cu]. The van der Waals surface area contributed by atoms with Gasteiger partial charge in [-0.1, -0.05) is 18.2 Å². The molecule has 1 radical (unpaired) electrons. The fourth-order valence-electron chi connectivity index (χ4n) is 1.09. The molecule has 2 rings (SSSR count). The summed E-state index contributed by atoms with van der Waals surface area (Å²) in [5.41, 5.74) is 0.662. The molecule has 2 aromatic rings. The van der Waals surface area contributed by atoms with E-state index < -0.39 is 0 Å². The van der Waals surface area contributed by atoms with Gasteiger partial charge in [0.05, 0.1) is 0 Å². The molecule has 65 valence electrons. The molecule has 1 aromatic heterocycles. The first-order valence-corrected chi connectivity index (χ1v) is 3.40. The summed E-state index contributed by atoms with van der Waals surface area (Å²) in [7, 11) is 0. The number of fused-ring (bicyclic) bond motifs is 1. The molecule has 0 unspecified atom stereocenters. The molecule has 0 bridgehead atoms. The van der Waals surface area contributed by atoms with Crippen LogP contribution in [0.5, 0.6) is 5.75 Å². The van der Waals surface area contributed by atoms with Crippen molar-refractivity contribution in [2.45, 2.75) is 0 Å². The summed E-state index contributed by atoms with van der Waals surface area (Å²) in [4.78, 5) is 4.03. The van der Waals surface area contributed by atoms with E-state index in [0.29, 0.717) is 5.52 Å². The molecule has 0 saturated heterocycles. The summed E-state index contributed by atoms with van der Waals surface area (Å²) in [5, 5.41) is 10.3. The molecule has 0 aliphatic heterocycles. The van der Waals surface area contributed by atoms with Gasteiger partial charge in [0.15, 0.2) is 0 Å². The zero-order chi connectivity index (χ0) is 7.68. The topological polar surface area (TPSA) is 33.1 Å². The second-order valence-corrected chi connectivity index (χ2v) is 2.35. The molecule has 0 aliphatic carbocycles. The van der Waals surface area contributed by atoms with Crippen LogP contribution in [0.4, 0.5) is 0 Å². The first-order valence-electron chi connectivity index (χ1n) is 3.40. The van der Waals surface area contributed by atoms with Gasteiger partial charge in [-0.3, -0.25) is 4.98 Å². The van der Waals surface area contributed by atoms with Crippen LogP contribution in [0, 0.1) is 0 Å². The minimum atomic E-state index is 0. The number of hydrogen-bond donors (Lipinski definition) is 1. The third-order valence-electron chi connectivity index (χ3n) is 1.61. The maximum atomic E-state index is 9.31. The third kappa shape index (κ3) is 1.42. The first-order chi connectivity index (χ1) is 5.38. The maximum absolute atomic E-state index is 9.31. The summed E-state index contributed by atoms with van der Waals surface area (Å²) in [5.74, 6) is 0.239. The van der Waals surface area contributed by atoms with Crippen LogP contribution in [0.15, 0.2) is 36.5 Å². The average Bonchev–Trinajstić information content (AvgIpc) is 2.06. The Balaban J connectivity index is 0.000000720. The first kappa shape index (κ1) is 9.04. The molecule has 0 amide bonds. The van der Waals surface area contributed by atoms with Gasteiger partial charge in [0.1, 0.15) is 11.3 Å². The minimum Gasteiger partial charge on any atom is -0.506 e. The van der Waals surface area contributed by atoms with E-state index in [0.717, 1.165) is 5.39 Å². The number of phenols is 1. The van der Waals surface area contributed by atoms with Crippen molar-refractivity contribution in [3.05, 3.63) is 36.5 Å². The molecule has 0 aliphatic rings. The van der Waals surface area contributed by atoms with Gasteiger partial charge in [-0.15, -0.1) is 0 Å². The molecule has 1 N–H and O–H groups in total. The number of benzene rings is 1. The van der Waals surface area contributed by atoms with Gasteiger partial charge in [-0.25, -0.2) is 0 Å². The van der Waals surface area contributed by atoms with Crippen molar-refractivity contribution < 1.29 is 22.2 Å². The maximum Gasteiger partial charge on any atom is 0.141 e.